The number of nitrogens with one attached hydrogen (secondary N) is 1. The van der Waals surface area contributed by atoms with Crippen molar-refractivity contribution in [3.05, 3.63) is 15.6 Å². The smallest absolute Gasteiger partial charge is 0.119 e. The standard InChI is InChI=1S/C14H26N2OS/c1-10(2)7-15-8-11-13(14(3,4)5)16-12(18-11)9-17-6/h10,15H,7-9H2,1-6H3. The highest BCUT2D eigenvalue weighted by Gasteiger charge is 2.22. The molecule has 0 aliphatic heterocycles. The minimum absolute atomic E-state index is 0.0946. The van der Waals surface area contributed by atoms with Gasteiger partial charge < -0.3 is 10.1 Å². The maximum absolute atomic E-state index is 5.18. The number of ether oxygens (including phenoxy) is 1. The molecule has 0 aliphatic carbocycles. The molecule has 1 rings (SSSR count). The van der Waals surface area contributed by atoms with Crippen LogP contribution in [0.2, 0.25) is 0 Å². The van der Waals surface area contributed by atoms with Crippen LogP contribution >= 0.6 is 11.3 Å². The number of nitrogens with zero attached hydrogens (tertiary/aromatic N) is 1. The van der Waals surface area contributed by atoms with Gasteiger partial charge in [0.05, 0.1) is 12.3 Å². The first-order chi connectivity index (χ1) is 8.34. The highest BCUT2D eigenvalue weighted by atomic mass is 32.1. The van der Waals surface area contributed by atoms with Gasteiger partial charge in [-0.2, -0.15) is 0 Å². The van der Waals surface area contributed by atoms with Crippen LogP contribution < -0.4 is 5.32 Å². The van der Waals surface area contributed by atoms with Gasteiger partial charge in [0, 0.05) is 23.9 Å². The fourth-order valence-electron chi connectivity index (χ4n) is 1.77. The summed E-state index contributed by atoms with van der Waals surface area (Å²) in [6.45, 7) is 13.6. The molecule has 0 radical (unpaired) electrons. The average Bonchev–Trinajstić information content (AvgIpc) is 2.61. The summed E-state index contributed by atoms with van der Waals surface area (Å²) < 4.78 is 5.18. The third kappa shape index (κ3) is 4.67. The number of methoxy groups -OCH3 is 1. The monoisotopic (exact) mass is 270 g/mol. The van der Waals surface area contributed by atoms with Crippen molar-refractivity contribution < 1.29 is 4.74 Å². The molecule has 1 aromatic rings. The van der Waals surface area contributed by atoms with Gasteiger partial charge >= 0.3 is 0 Å². The minimum Gasteiger partial charge on any atom is -0.378 e. The van der Waals surface area contributed by atoms with Crippen LogP contribution in [0.3, 0.4) is 0 Å². The highest BCUT2D eigenvalue weighted by Crippen LogP contribution is 2.29. The summed E-state index contributed by atoms with van der Waals surface area (Å²) in [5, 5.41) is 4.57. The number of rotatable bonds is 6. The predicted molar refractivity (Wildman–Crippen MR) is 78.1 cm³/mol. The van der Waals surface area contributed by atoms with Crippen molar-refractivity contribution >= 4 is 11.3 Å². The molecule has 3 nitrogen and oxygen atoms in total. The van der Waals surface area contributed by atoms with Gasteiger partial charge in [0.2, 0.25) is 0 Å². The van der Waals surface area contributed by atoms with Crippen molar-refractivity contribution in [1.82, 2.24) is 10.3 Å². The molecule has 4 heteroatoms. The van der Waals surface area contributed by atoms with E-state index in [0.717, 1.165) is 18.1 Å². The Hall–Kier alpha value is -0.450. The Bertz CT molecular complexity index is 366. The summed E-state index contributed by atoms with van der Waals surface area (Å²) in [5.41, 5.74) is 1.30. The molecule has 1 aromatic heterocycles. The van der Waals surface area contributed by atoms with Crippen LogP contribution in [0.5, 0.6) is 0 Å². The van der Waals surface area contributed by atoms with Gasteiger partial charge in [-0.15, -0.1) is 11.3 Å². The van der Waals surface area contributed by atoms with E-state index in [4.69, 9.17) is 9.72 Å². The fraction of sp³-hybridized carbons (Fsp3) is 0.786. The average molecular weight is 270 g/mol. The van der Waals surface area contributed by atoms with Crippen molar-refractivity contribution in [2.75, 3.05) is 13.7 Å². The second-order valence-corrected chi connectivity index (χ2v) is 7.26. The largest absolute Gasteiger partial charge is 0.378 e. The van der Waals surface area contributed by atoms with Crippen molar-refractivity contribution in [2.45, 2.75) is 53.2 Å². The zero-order valence-electron chi connectivity index (χ0n) is 12.5. The SMILES string of the molecule is COCc1nc(C(C)(C)C)c(CNCC(C)C)s1. The van der Waals surface area contributed by atoms with E-state index in [1.54, 1.807) is 18.4 Å². The molecule has 0 atom stereocenters. The third-order valence-corrected chi connectivity index (χ3v) is 3.59. The summed E-state index contributed by atoms with van der Waals surface area (Å²) in [5.74, 6) is 0.675. The Balaban J connectivity index is 2.80. The molecule has 0 aliphatic rings. The molecule has 0 saturated heterocycles. The molecule has 0 fully saturated rings. The molecule has 0 spiro atoms. The van der Waals surface area contributed by atoms with E-state index in [-0.39, 0.29) is 5.41 Å². The normalized spacial score (nSPS) is 12.4. The number of hydrogen-bond donors (Lipinski definition) is 1. The van der Waals surface area contributed by atoms with Crippen LogP contribution in [0.4, 0.5) is 0 Å². The predicted octanol–water partition coefficient (Wildman–Crippen LogP) is 3.33. The van der Waals surface area contributed by atoms with Gasteiger partial charge in [0.15, 0.2) is 0 Å². The first kappa shape index (κ1) is 15.6. The molecule has 104 valence electrons. The Kier molecular flexibility index (Phi) is 5.76. The van der Waals surface area contributed by atoms with Crippen molar-refractivity contribution in [3.8, 4) is 0 Å². The van der Waals surface area contributed by atoms with Crippen LogP contribution in [0.1, 0.15) is 50.2 Å². The highest BCUT2D eigenvalue weighted by molar-refractivity contribution is 7.11. The van der Waals surface area contributed by atoms with Crippen LogP contribution in [-0.4, -0.2) is 18.6 Å². The van der Waals surface area contributed by atoms with Gasteiger partial charge in [-0.1, -0.05) is 34.6 Å². The maximum Gasteiger partial charge on any atom is 0.119 e. The Morgan fingerprint density at radius 2 is 2.00 bits per heavy atom. The summed E-state index contributed by atoms with van der Waals surface area (Å²) in [4.78, 5) is 6.07. The topological polar surface area (TPSA) is 34.1 Å². The first-order valence-corrected chi connectivity index (χ1v) is 7.35. The van der Waals surface area contributed by atoms with E-state index < -0.39 is 0 Å². The van der Waals surface area contributed by atoms with Crippen LogP contribution in [0.25, 0.3) is 0 Å². The van der Waals surface area contributed by atoms with E-state index in [1.807, 2.05) is 0 Å². The van der Waals surface area contributed by atoms with E-state index in [0.29, 0.717) is 12.5 Å². The summed E-state index contributed by atoms with van der Waals surface area (Å²) >= 11 is 1.76. The lowest BCUT2D eigenvalue weighted by atomic mass is 9.91. The molecule has 0 amide bonds. The van der Waals surface area contributed by atoms with Gasteiger partial charge in [-0.25, -0.2) is 4.98 Å². The molecule has 0 unspecified atom stereocenters. The molecular weight excluding hydrogens is 244 g/mol. The van der Waals surface area contributed by atoms with Gasteiger partial charge in [0.1, 0.15) is 5.01 Å². The second-order valence-electron chi connectivity index (χ2n) is 6.09. The van der Waals surface area contributed by atoms with Crippen molar-refractivity contribution in [3.63, 3.8) is 0 Å². The Morgan fingerprint density at radius 3 is 2.50 bits per heavy atom. The van der Waals surface area contributed by atoms with E-state index in [2.05, 4.69) is 39.9 Å². The molecule has 1 N–H and O–H groups in total. The lowest BCUT2D eigenvalue weighted by Gasteiger charge is -2.18. The van der Waals surface area contributed by atoms with E-state index in [1.165, 1.54) is 10.6 Å². The van der Waals surface area contributed by atoms with Gasteiger partial charge in [-0.3, -0.25) is 0 Å². The van der Waals surface area contributed by atoms with E-state index in [9.17, 15) is 0 Å². The Labute approximate surface area is 115 Å². The third-order valence-electron chi connectivity index (χ3n) is 2.56. The fourth-order valence-corrected chi connectivity index (χ4v) is 2.99. The van der Waals surface area contributed by atoms with Crippen molar-refractivity contribution in [1.29, 1.82) is 0 Å². The molecule has 0 saturated carbocycles. The minimum atomic E-state index is 0.0946. The van der Waals surface area contributed by atoms with E-state index >= 15 is 0 Å². The molecule has 18 heavy (non-hydrogen) atoms. The summed E-state index contributed by atoms with van der Waals surface area (Å²) in [6, 6.07) is 0. The zero-order chi connectivity index (χ0) is 13.8. The summed E-state index contributed by atoms with van der Waals surface area (Å²) in [6.07, 6.45) is 0. The summed E-state index contributed by atoms with van der Waals surface area (Å²) in [7, 11) is 1.72. The van der Waals surface area contributed by atoms with Crippen LogP contribution in [-0.2, 0) is 23.3 Å². The second kappa shape index (κ2) is 6.64. The lowest BCUT2D eigenvalue weighted by Crippen LogP contribution is -2.21. The van der Waals surface area contributed by atoms with Crippen LogP contribution in [0.15, 0.2) is 0 Å². The molecule has 1 heterocycles. The lowest BCUT2D eigenvalue weighted by molar-refractivity contribution is 0.184. The molecular formula is C14H26N2OS. The van der Waals surface area contributed by atoms with Crippen LogP contribution in [0, 0.1) is 5.92 Å². The number of aromatic nitrogens is 1. The first-order valence-electron chi connectivity index (χ1n) is 6.53. The van der Waals surface area contributed by atoms with Gasteiger partial charge in [-0.05, 0) is 12.5 Å². The molecule has 0 bridgehead atoms. The number of hydrogen-bond acceptors (Lipinski definition) is 4. The number of thiazole rings is 1. The van der Waals surface area contributed by atoms with Crippen molar-refractivity contribution in [2.24, 2.45) is 5.92 Å². The molecule has 0 aromatic carbocycles. The van der Waals surface area contributed by atoms with Gasteiger partial charge in [0.25, 0.3) is 0 Å². The maximum atomic E-state index is 5.18. The zero-order valence-corrected chi connectivity index (χ0v) is 13.3. The Morgan fingerprint density at radius 1 is 1.33 bits per heavy atom. The quantitative estimate of drug-likeness (QED) is 0.861.